The number of nitrogens with zero attached hydrogens (tertiary/aromatic N) is 4. The first-order valence-electron chi connectivity index (χ1n) is 12.7. The predicted octanol–water partition coefficient (Wildman–Crippen LogP) is 4.48. The molecule has 5 rings (SSSR count). The number of fused-ring (bicyclic) bond motifs is 1. The lowest BCUT2D eigenvalue weighted by molar-refractivity contribution is -0.137. The molecule has 1 saturated carbocycles. The van der Waals surface area contributed by atoms with E-state index in [1.807, 2.05) is 6.92 Å². The van der Waals surface area contributed by atoms with Crippen LogP contribution in [0, 0.1) is 12.7 Å². The molecule has 1 aliphatic carbocycles. The van der Waals surface area contributed by atoms with Crippen molar-refractivity contribution in [2.45, 2.75) is 38.9 Å². The summed E-state index contributed by atoms with van der Waals surface area (Å²) in [5.74, 6) is -1.20. The number of hydrogen-bond acceptors (Lipinski definition) is 5. The van der Waals surface area contributed by atoms with Gasteiger partial charge in [0.2, 0.25) is 11.8 Å². The number of hydrogen-bond donors (Lipinski definition) is 3. The lowest BCUT2D eigenvalue weighted by Crippen LogP contribution is -2.43. The lowest BCUT2D eigenvalue weighted by atomic mass is 10.2. The molecule has 2 heterocycles. The number of anilines is 2. The number of carbonyl (C=O) groups is 3. The number of nitrogens with one attached hydrogen (secondary N) is 3. The van der Waals surface area contributed by atoms with E-state index in [0.717, 1.165) is 23.7 Å². The second kappa shape index (κ2) is 11.7. The first-order valence-corrected chi connectivity index (χ1v) is 13.1. The summed E-state index contributed by atoms with van der Waals surface area (Å²) in [4.78, 5) is 43.8. The van der Waals surface area contributed by atoms with Crippen molar-refractivity contribution >= 4 is 51.7 Å². The molecule has 0 bridgehead atoms. The summed E-state index contributed by atoms with van der Waals surface area (Å²) in [5.41, 5.74) is 2.87. The van der Waals surface area contributed by atoms with Gasteiger partial charge in [-0.2, -0.15) is 5.10 Å². The molecule has 0 atom stereocenters. The van der Waals surface area contributed by atoms with Gasteiger partial charge in [-0.05, 0) is 56.2 Å². The van der Waals surface area contributed by atoms with Gasteiger partial charge in [0.15, 0.2) is 0 Å². The zero-order chi connectivity index (χ0) is 28.2. The van der Waals surface area contributed by atoms with Gasteiger partial charge in [-0.25, -0.2) is 9.18 Å². The van der Waals surface area contributed by atoms with E-state index in [1.54, 1.807) is 64.4 Å². The highest BCUT2D eigenvalue weighted by Crippen LogP contribution is 2.28. The minimum Gasteiger partial charge on any atom is -0.350 e. The summed E-state index contributed by atoms with van der Waals surface area (Å²) in [7, 11) is 0. The zero-order valence-electron chi connectivity index (χ0n) is 21.7. The summed E-state index contributed by atoms with van der Waals surface area (Å²) in [6.45, 7) is 1.61. The maximum atomic E-state index is 14.1. The van der Waals surface area contributed by atoms with E-state index < -0.39 is 11.8 Å². The topological polar surface area (TPSA) is 121 Å². The SMILES string of the molecule is Cc1nn(CC(=O)N(CC(=O)NCc2cccc(Cl)c2F)C2CC2)c2ccc(NC(=O)Nc3ccncc3)cc12. The first-order chi connectivity index (χ1) is 19.3. The van der Waals surface area contributed by atoms with E-state index in [4.69, 9.17) is 11.6 Å². The molecule has 12 heteroatoms. The van der Waals surface area contributed by atoms with Crippen molar-refractivity contribution in [3.63, 3.8) is 0 Å². The van der Waals surface area contributed by atoms with Crippen molar-refractivity contribution in [2.75, 3.05) is 17.2 Å². The van der Waals surface area contributed by atoms with Crippen molar-refractivity contribution in [3.8, 4) is 0 Å². The molecule has 40 heavy (non-hydrogen) atoms. The van der Waals surface area contributed by atoms with Crippen LogP contribution < -0.4 is 16.0 Å². The summed E-state index contributed by atoms with van der Waals surface area (Å²) in [6, 6.07) is 12.9. The number of rotatable bonds is 9. The predicted molar refractivity (Wildman–Crippen MR) is 149 cm³/mol. The second-order valence-electron chi connectivity index (χ2n) is 9.53. The largest absolute Gasteiger partial charge is 0.350 e. The van der Waals surface area contributed by atoms with E-state index in [-0.39, 0.29) is 48.1 Å². The minimum absolute atomic E-state index is 0.0144. The molecule has 0 radical (unpaired) electrons. The van der Waals surface area contributed by atoms with E-state index in [9.17, 15) is 18.8 Å². The van der Waals surface area contributed by atoms with Gasteiger partial charge in [0.1, 0.15) is 12.4 Å². The van der Waals surface area contributed by atoms with Crippen molar-refractivity contribution in [1.29, 1.82) is 0 Å². The highest BCUT2D eigenvalue weighted by Gasteiger charge is 2.34. The molecule has 2 aromatic carbocycles. The molecule has 0 unspecified atom stereocenters. The van der Waals surface area contributed by atoms with Gasteiger partial charge in [-0.3, -0.25) is 19.3 Å². The zero-order valence-corrected chi connectivity index (χ0v) is 22.4. The highest BCUT2D eigenvalue weighted by atomic mass is 35.5. The number of benzene rings is 2. The quantitative estimate of drug-likeness (QED) is 0.277. The summed E-state index contributed by atoms with van der Waals surface area (Å²) in [6.07, 6.45) is 4.80. The number of halogens is 2. The van der Waals surface area contributed by atoms with E-state index in [0.29, 0.717) is 17.1 Å². The summed E-state index contributed by atoms with van der Waals surface area (Å²) in [5, 5.41) is 13.5. The number of aromatic nitrogens is 3. The molecule has 4 aromatic rings. The number of carbonyl (C=O) groups excluding carboxylic acids is 3. The average Bonchev–Trinajstić information content (AvgIpc) is 3.73. The third-order valence-corrected chi connectivity index (χ3v) is 6.84. The maximum Gasteiger partial charge on any atom is 0.323 e. The normalized spacial score (nSPS) is 12.7. The van der Waals surface area contributed by atoms with Crippen molar-refractivity contribution in [2.24, 2.45) is 0 Å². The number of pyridine rings is 1. The molecule has 0 spiro atoms. The van der Waals surface area contributed by atoms with Crippen LogP contribution in [0.5, 0.6) is 0 Å². The average molecular weight is 564 g/mol. The van der Waals surface area contributed by atoms with Crippen LogP contribution in [0.15, 0.2) is 60.9 Å². The highest BCUT2D eigenvalue weighted by molar-refractivity contribution is 6.30. The van der Waals surface area contributed by atoms with Crippen LogP contribution in [0.4, 0.5) is 20.6 Å². The standard InChI is InChI=1S/C28H27ClFN7O3/c1-17-22-13-20(34-28(40)33-19-9-11-31-12-10-19)5-8-24(22)37(35-17)16-26(39)36(21-6-7-21)15-25(38)32-14-18-3-2-4-23(29)27(18)30/h2-5,8-13,21H,6-7,14-16H2,1H3,(H,32,38)(H2,31,33,34,40). The Labute approximate surface area is 234 Å². The molecular weight excluding hydrogens is 537 g/mol. The minimum atomic E-state index is -0.576. The Morgan fingerprint density at radius 2 is 1.82 bits per heavy atom. The Balaban J connectivity index is 1.22. The molecule has 0 aliphatic heterocycles. The van der Waals surface area contributed by atoms with Gasteiger partial charge < -0.3 is 20.9 Å². The van der Waals surface area contributed by atoms with E-state index in [2.05, 4.69) is 26.0 Å². The Morgan fingerprint density at radius 1 is 1.07 bits per heavy atom. The van der Waals surface area contributed by atoms with Gasteiger partial charge in [-0.15, -0.1) is 0 Å². The molecule has 1 fully saturated rings. The van der Waals surface area contributed by atoms with E-state index >= 15 is 0 Å². The van der Waals surface area contributed by atoms with Crippen LogP contribution in [0.25, 0.3) is 10.9 Å². The lowest BCUT2D eigenvalue weighted by Gasteiger charge is -2.22. The fraction of sp³-hybridized carbons (Fsp3) is 0.250. The molecular formula is C28H27ClFN7O3. The van der Waals surface area contributed by atoms with Gasteiger partial charge >= 0.3 is 6.03 Å². The van der Waals surface area contributed by atoms with Crippen LogP contribution >= 0.6 is 11.6 Å². The van der Waals surface area contributed by atoms with E-state index in [1.165, 1.54) is 6.07 Å². The Morgan fingerprint density at radius 3 is 2.58 bits per heavy atom. The van der Waals surface area contributed by atoms with Crippen LogP contribution in [0.2, 0.25) is 5.02 Å². The fourth-order valence-corrected chi connectivity index (χ4v) is 4.58. The Bertz CT molecular complexity index is 1570. The van der Waals surface area contributed by atoms with Crippen LogP contribution in [0.1, 0.15) is 24.1 Å². The molecule has 1 aliphatic rings. The Kier molecular flexibility index (Phi) is 7.92. The van der Waals surface area contributed by atoms with Crippen LogP contribution in [-0.2, 0) is 22.7 Å². The van der Waals surface area contributed by atoms with Crippen molar-refractivity contribution in [1.82, 2.24) is 25.0 Å². The molecule has 0 saturated heterocycles. The first kappa shape index (κ1) is 27.1. The van der Waals surface area contributed by atoms with Crippen LogP contribution in [-0.4, -0.2) is 50.1 Å². The molecule has 4 amide bonds. The summed E-state index contributed by atoms with van der Waals surface area (Å²) < 4.78 is 15.7. The number of aryl methyl sites for hydroxylation is 1. The monoisotopic (exact) mass is 563 g/mol. The molecule has 10 nitrogen and oxygen atoms in total. The number of amides is 4. The Hall–Kier alpha value is -4.51. The van der Waals surface area contributed by atoms with Gasteiger partial charge in [0.25, 0.3) is 0 Å². The molecule has 2 aromatic heterocycles. The molecule has 3 N–H and O–H groups in total. The summed E-state index contributed by atoms with van der Waals surface area (Å²) >= 11 is 5.81. The van der Waals surface area contributed by atoms with Crippen molar-refractivity contribution < 1.29 is 18.8 Å². The third kappa shape index (κ3) is 6.37. The maximum absolute atomic E-state index is 14.1. The van der Waals surface area contributed by atoms with Crippen LogP contribution in [0.3, 0.4) is 0 Å². The second-order valence-corrected chi connectivity index (χ2v) is 9.94. The molecule has 206 valence electrons. The van der Waals surface area contributed by atoms with Gasteiger partial charge in [0, 0.05) is 47.3 Å². The number of urea groups is 1. The fourth-order valence-electron chi connectivity index (χ4n) is 4.38. The third-order valence-electron chi connectivity index (χ3n) is 6.55. The van der Waals surface area contributed by atoms with Crippen molar-refractivity contribution in [3.05, 3.63) is 83.0 Å². The smallest absolute Gasteiger partial charge is 0.323 e. The van der Waals surface area contributed by atoms with Gasteiger partial charge in [0.05, 0.1) is 22.8 Å². The van der Waals surface area contributed by atoms with Gasteiger partial charge in [-0.1, -0.05) is 23.7 Å².